The summed E-state index contributed by atoms with van der Waals surface area (Å²) in [6.07, 6.45) is 2.85. The average molecular weight is 124 g/mol. The Labute approximate surface area is 55.7 Å². The number of nitrogens with zero attached hydrogens (tertiary/aromatic N) is 2. The molecule has 1 aliphatic heterocycles. The summed E-state index contributed by atoms with van der Waals surface area (Å²) in [6.45, 7) is 6.10. The largest absolute Gasteiger partial charge is 0.262 e. The summed E-state index contributed by atoms with van der Waals surface area (Å²) in [5, 5.41) is 0. The quantitative estimate of drug-likeness (QED) is 0.508. The molecule has 9 heavy (non-hydrogen) atoms. The van der Waals surface area contributed by atoms with Crippen LogP contribution in [0.15, 0.2) is 9.98 Å². The second-order valence-corrected chi connectivity index (χ2v) is 2.71. The molecule has 0 aromatic carbocycles. The van der Waals surface area contributed by atoms with Crippen molar-refractivity contribution in [2.45, 2.75) is 32.9 Å². The van der Waals surface area contributed by atoms with Gasteiger partial charge >= 0.3 is 0 Å². The average Bonchev–Trinajstić information content (AvgIpc) is 2.10. The number of aliphatic imine (C=N–C) groups is 2. The fourth-order valence-electron chi connectivity index (χ4n) is 0.812. The highest BCUT2D eigenvalue weighted by atomic mass is 15.1. The van der Waals surface area contributed by atoms with Gasteiger partial charge in [0.1, 0.15) is 5.66 Å². The van der Waals surface area contributed by atoms with Gasteiger partial charge in [-0.1, -0.05) is 6.92 Å². The summed E-state index contributed by atoms with van der Waals surface area (Å²) in [6, 6.07) is 0. The van der Waals surface area contributed by atoms with Gasteiger partial charge in [-0.05, 0) is 20.3 Å². The van der Waals surface area contributed by atoms with Crippen molar-refractivity contribution in [3.05, 3.63) is 0 Å². The van der Waals surface area contributed by atoms with Crippen LogP contribution in [0.1, 0.15) is 27.2 Å². The van der Waals surface area contributed by atoms with E-state index >= 15 is 0 Å². The maximum atomic E-state index is 4.33. The van der Waals surface area contributed by atoms with Crippen LogP contribution >= 0.6 is 0 Å². The number of hydrogen-bond donors (Lipinski definition) is 0. The molecule has 0 aromatic heterocycles. The van der Waals surface area contributed by atoms with Crippen LogP contribution < -0.4 is 0 Å². The van der Waals surface area contributed by atoms with Crippen molar-refractivity contribution in [2.75, 3.05) is 0 Å². The molecular weight excluding hydrogens is 112 g/mol. The van der Waals surface area contributed by atoms with Gasteiger partial charge in [0.05, 0.1) is 5.71 Å². The molecular formula is C7H12N2. The van der Waals surface area contributed by atoms with E-state index in [0.29, 0.717) is 0 Å². The summed E-state index contributed by atoms with van der Waals surface area (Å²) >= 11 is 0. The zero-order valence-corrected chi connectivity index (χ0v) is 6.18. The lowest BCUT2D eigenvalue weighted by Gasteiger charge is -2.07. The molecule has 2 heteroatoms. The highest BCUT2D eigenvalue weighted by molar-refractivity contribution is 6.31. The molecule has 0 saturated carbocycles. The summed E-state index contributed by atoms with van der Waals surface area (Å²) < 4.78 is 0. The molecule has 50 valence electrons. The number of rotatable bonds is 1. The second-order valence-electron chi connectivity index (χ2n) is 2.71. The van der Waals surface area contributed by atoms with E-state index in [9.17, 15) is 0 Å². The van der Waals surface area contributed by atoms with Crippen molar-refractivity contribution in [1.29, 1.82) is 0 Å². The van der Waals surface area contributed by atoms with Gasteiger partial charge in [-0.15, -0.1) is 0 Å². The van der Waals surface area contributed by atoms with Crippen molar-refractivity contribution in [3.63, 3.8) is 0 Å². The van der Waals surface area contributed by atoms with Crippen molar-refractivity contribution < 1.29 is 0 Å². The predicted molar refractivity (Wildman–Crippen MR) is 40.3 cm³/mol. The third-order valence-electron chi connectivity index (χ3n) is 1.31. The first kappa shape index (κ1) is 6.46. The third-order valence-corrected chi connectivity index (χ3v) is 1.31. The van der Waals surface area contributed by atoms with Crippen LogP contribution in [-0.4, -0.2) is 17.6 Å². The van der Waals surface area contributed by atoms with Crippen LogP contribution in [-0.2, 0) is 0 Å². The lowest BCUT2D eigenvalue weighted by molar-refractivity contribution is 0.567. The SMILES string of the molecule is CCC1=NC(C)(C)N=C1. The molecule has 0 fully saturated rings. The first-order chi connectivity index (χ1) is 4.14. The molecule has 1 heterocycles. The van der Waals surface area contributed by atoms with E-state index in [0.717, 1.165) is 12.1 Å². The summed E-state index contributed by atoms with van der Waals surface area (Å²) in [5.74, 6) is 0. The van der Waals surface area contributed by atoms with Crippen molar-refractivity contribution in [2.24, 2.45) is 9.98 Å². The van der Waals surface area contributed by atoms with Gasteiger partial charge in [0, 0.05) is 6.21 Å². The molecule has 0 atom stereocenters. The van der Waals surface area contributed by atoms with Gasteiger partial charge in [0.25, 0.3) is 0 Å². The molecule has 0 amide bonds. The molecule has 0 aliphatic carbocycles. The smallest absolute Gasteiger partial charge is 0.144 e. The first-order valence-corrected chi connectivity index (χ1v) is 3.28. The van der Waals surface area contributed by atoms with Gasteiger partial charge in [-0.2, -0.15) is 0 Å². The highest BCUT2D eigenvalue weighted by Crippen LogP contribution is 2.15. The van der Waals surface area contributed by atoms with E-state index in [1.165, 1.54) is 0 Å². The Hall–Kier alpha value is -0.660. The minimum atomic E-state index is -0.175. The third kappa shape index (κ3) is 1.37. The summed E-state index contributed by atoms with van der Waals surface area (Å²) in [4.78, 5) is 8.52. The van der Waals surface area contributed by atoms with Crippen LogP contribution in [0.5, 0.6) is 0 Å². The van der Waals surface area contributed by atoms with Crippen LogP contribution in [0, 0.1) is 0 Å². The van der Waals surface area contributed by atoms with Gasteiger partial charge in [0.15, 0.2) is 0 Å². The Morgan fingerprint density at radius 1 is 1.56 bits per heavy atom. The normalized spacial score (nSPS) is 22.3. The molecule has 2 nitrogen and oxygen atoms in total. The molecule has 1 rings (SSSR count). The van der Waals surface area contributed by atoms with Crippen LogP contribution in [0.3, 0.4) is 0 Å². The predicted octanol–water partition coefficient (Wildman–Crippen LogP) is 1.66. The molecule has 0 saturated heterocycles. The molecule has 0 bridgehead atoms. The molecule has 0 unspecified atom stereocenters. The number of hydrogen-bond acceptors (Lipinski definition) is 2. The minimum absolute atomic E-state index is 0.175. The molecule has 0 aromatic rings. The molecule has 0 N–H and O–H groups in total. The Kier molecular flexibility index (Phi) is 1.39. The maximum Gasteiger partial charge on any atom is 0.144 e. The van der Waals surface area contributed by atoms with Gasteiger partial charge in [-0.25, -0.2) is 0 Å². The fraction of sp³-hybridized carbons (Fsp3) is 0.714. The van der Waals surface area contributed by atoms with Crippen LogP contribution in [0.4, 0.5) is 0 Å². The monoisotopic (exact) mass is 124 g/mol. The van der Waals surface area contributed by atoms with Crippen molar-refractivity contribution in [3.8, 4) is 0 Å². The Balaban J connectivity index is 2.74. The van der Waals surface area contributed by atoms with Gasteiger partial charge < -0.3 is 0 Å². The highest BCUT2D eigenvalue weighted by Gasteiger charge is 2.17. The summed E-state index contributed by atoms with van der Waals surface area (Å²) in [5.41, 5.74) is 0.936. The fourth-order valence-corrected chi connectivity index (χ4v) is 0.812. The van der Waals surface area contributed by atoms with Gasteiger partial charge in [-0.3, -0.25) is 9.98 Å². The van der Waals surface area contributed by atoms with Gasteiger partial charge in [0.2, 0.25) is 0 Å². The molecule has 1 aliphatic rings. The van der Waals surface area contributed by atoms with Crippen LogP contribution in [0.25, 0.3) is 0 Å². The van der Waals surface area contributed by atoms with E-state index in [-0.39, 0.29) is 5.66 Å². The Morgan fingerprint density at radius 2 is 2.22 bits per heavy atom. The molecule has 0 radical (unpaired) electrons. The standard InChI is InChI=1S/C7H12N2/c1-4-6-5-8-7(2,3)9-6/h5H,4H2,1-3H3. The Morgan fingerprint density at radius 3 is 2.44 bits per heavy atom. The van der Waals surface area contributed by atoms with E-state index in [1.54, 1.807) is 0 Å². The zero-order valence-electron chi connectivity index (χ0n) is 6.18. The first-order valence-electron chi connectivity index (χ1n) is 3.28. The van der Waals surface area contributed by atoms with E-state index < -0.39 is 0 Å². The Bertz CT molecular complexity index is 166. The van der Waals surface area contributed by atoms with Crippen LogP contribution in [0.2, 0.25) is 0 Å². The second kappa shape index (κ2) is 1.94. The van der Waals surface area contributed by atoms with E-state index in [1.807, 2.05) is 20.1 Å². The lowest BCUT2D eigenvalue weighted by atomic mass is 10.3. The summed E-state index contributed by atoms with van der Waals surface area (Å²) in [7, 11) is 0. The van der Waals surface area contributed by atoms with Crippen molar-refractivity contribution in [1.82, 2.24) is 0 Å². The maximum absolute atomic E-state index is 4.33. The minimum Gasteiger partial charge on any atom is -0.262 e. The molecule has 0 spiro atoms. The van der Waals surface area contributed by atoms with E-state index in [4.69, 9.17) is 0 Å². The zero-order chi connectivity index (χ0) is 6.91. The van der Waals surface area contributed by atoms with E-state index in [2.05, 4.69) is 16.9 Å². The van der Waals surface area contributed by atoms with Crippen molar-refractivity contribution >= 4 is 11.9 Å². The topological polar surface area (TPSA) is 24.7 Å². The lowest BCUT2D eigenvalue weighted by Crippen LogP contribution is -2.08.